The molecule has 1 aliphatic heterocycles. The van der Waals surface area contributed by atoms with Gasteiger partial charge in [0.25, 0.3) is 0 Å². The molecule has 0 amide bonds. The van der Waals surface area contributed by atoms with Crippen molar-refractivity contribution in [3.8, 4) is 0 Å². The van der Waals surface area contributed by atoms with Crippen LogP contribution in [0.4, 0.5) is 0 Å². The Labute approximate surface area is 125 Å². The molecule has 2 nitrogen and oxygen atoms in total. The van der Waals surface area contributed by atoms with Crippen LogP contribution in [0.2, 0.25) is 0 Å². The predicted octanol–water partition coefficient (Wildman–Crippen LogP) is 3.66. The van der Waals surface area contributed by atoms with E-state index in [1.807, 2.05) is 0 Å². The van der Waals surface area contributed by atoms with E-state index < -0.39 is 0 Å². The van der Waals surface area contributed by atoms with Crippen molar-refractivity contribution >= 4 is 0 Å². The average Bonchev–Trinajstić information content (AvgIpc) is 2.82. The minimum absolute atomic E-state index is 0.736. The quantitative estimate of drug-likeness (QED) is 0.847. The Bertz CT molecular complexity index is 317. The largest absolute Gasteiger partial charge is 0.313 e. The number of hydrogen-bond donors (Lipinski definition) is 1. The van der Waals surface area contributed by atoms with Crippen LogP contribution in [-0.2, 0) is 0 Å². The summed E-state index contributed by atoms with van der Waals surface area (Å²) in [7, 11) is 0. The van der Waals surface area contributed by atoms with Gasteiger partial charge >= 0.3 is 0 Å². The molecule has 1 heterocycles. The summed E-state index contributed by atoms with van der Waals surface area (Å²) in [5.41, 5.74) is 0. The van der Waals surface area contributed by atoms with Gasteiger partial charge < -0.3 is 5.32 Å². The van der Waals surface area contributed by atoms with Gasteiger partial charge in [-0.05, 0) is 62.9 Å². The highest BCUT2D eigenvalue weighted by molar-refractivity contribution is 5.00. The van der Waals surface area contributed by atoms with Crippen molar-refractivity contribution in [3.63, 3.8) is 0 Å². The van der Waals surface area contributed by atoms with Gasteiger partial charge in [0.2, 0.25) is 0 Å². The van der Waals surface area contributed by atoms with Gasteiger partial charge in [0.15, 0.2) is 0 Å². The van der Waals surface area contributed by atoms with Crippen LogP contribution >= 0.6 is 0 Å². The Morgan fingerprint density at radius 1 is 1.05 bits per heavy atom. The van der Waals surface area contributed by atoms with Crippen LogP contribution in [0.5, 0.6) is 0 Å². The third kappa shape index (κ3) is 2.78. The molecule has 3 rings (SSSR count). The number of nitrogens with zero attached hydrogens (tertiary/aromatic N) is 1. The lowest BCUT2D eigenvalue weighted by Gasteiger charge is -2.48. The summed E-state index contributed by atoms with van der Waals surface area (Å²) < 4.78 is 0. The van der Waals surface area contributed by atoms with Gasteiger partial charge in [0.05, 0.1) is 0 Å². The van der Waals surface area contributed by atoms with E-state index in [0.29, 0.717) is 0 Å². The molecule has 1 saturated heterocycles. The molecule has 2 aliphatic carbocycles. The fraction of sp³-hybridized carbons (Fsp3) is 1.00. The van der Waals surface area contributed by atoms with Gasteiger partial charge in [0.1, 0.15) is 0 Å². The van der Waals surface area contributed by atoms with Gasteiger partial charge in [-0.1, -0.05) is 33.6 Å². The molecule has 20 heavy (non-hydrogen) atoms. The van der Waals surface area contributed by atoms with E-state index in [-0.39, 0.29) is 0 Å². The predicted molar refractivity (Wildman–Crippen MR) is 85.9 cm³/mol. The summed E-state index contributed by atoms with van der Waals surface area (Å²) in [6.07, 6.45) is 10.2. The molecule has 0 aromatic heterocycles. The van der Waals surface area contributed by atoms with Crippen LogP contribution in [-0.4, -0.2) is 36.1 Å². The number of likely N-dealkylation sites (tertiary alicyclic amines) is 1. The van der Waals surface area contributed by atoms with Gasteiger partial charge in [0, 0.05) is 18.1 Å². The Hall–Kier alpha value is -0.0800. The summed E-state index contributed by atoms with van der Waals surface area (Å²) in [5.74, 6) is 2.79. The van der Waals surface area contributed by atoms with Crippen molar-refractivity contribution in [2.75, 3.05) is 13.1 Å². The molecule has 116 valence electrons. The standard InChI is InChI=1S/C18H34N2/c1-4-19-16-12-13(2)11-14(3)18(16)20-10-9-15-7-5-6-8-17(15)20/h13-19H,4-12H2,1-3H3. The number of rotatable bonds is 3. The first-order chi connectivity index (χ1) is 9.70. The van der Waals surface area contributed by atoms with Crippen LogP contribution in [0.25, 0.3) is 0 Å². The first-order valence-electron chi connectivity index (χ1n) is 9.19. The van der Waals surface area contributed by atoms with Crippen molar-refractivity contribution < 1.29 is 0 Å². The van der Waals surface area contributed by atoms with Crippen molar-refractivity contribution in [2.45, 2.75) is 83.8 Å². The van der Waals surface area contributed by atoms with Gasteiger partial charge in [-0.2, -0.15) is 0 Å². The highest BCUT2D eigenvalue weighted by atomic mass is 15.2. The maximum Gasteiger partial charge on any atom is 0.0278 e. The number of nitrogens with one attached hydrogen (secondary N) is 1. The monoisotopic (exact) mass is 278 g/mol. The Balaban J connectivity index is 1.75. The third-order valence-corrected chi connectivity index (χ3v) is 6.33. The maximum atomic E-state index is 3.83. The summed E-state index contributed by atoms with van der Waals surface area (Å²) in [4.78, 5) is 2.95. The molecular weight excluding hydrogens is 244 g/mol. The molecule has 6 atom stereocenters. The zero-order valence-electron chi connectivity index (χ0n) is 13.8. The molecule has 3 fully saturated rings. The summed E-state index contributed by atoms with van der Waals surface area (Å²) in [6, 6.07) is 2.46. The zero-order chi connectivity index (χ0) is 14.1. The van der Waals surface area contributed by atoms with E-state index >= 15 is 0 Å². The number of likely N-dealkylation sites (N-methyl/N-ethyl adjacent to an activating group) is 1. The lowest BCUT2D eigenvalue weighted by atomic mass is 9.75. The SMILES string of the molecule is CCNC1CC(C)CC(C)C1N1CCC2CCCCC21. The summed E-state index contributed by atoms with van der Waals surface area (Å²) in [6.45, 7) is 9.74. The lowest BCUT2D eigenvalue weighted by molar-refractivity contribution is 0.0364. The van der Waals surface area contributed by atoms with E-state index in [1.165, 1.54) is 51.5 Å². The van der Waals surface area contributed by atoms with Crippen molar-refractivity contribution in [1.82, 2.24) is 10.2 Å². The Kier molecular flexibility index (Phi) is 4.72. The Morgan fingerprint density at radius 2 is 1.85 bits per heavy atom. The normalized spacial score (nSPS) is 46.4. The smallest absolute Gasteiger partial charge is 0.0278 e. The molecule has 6 unspecified atom stereocenters. The van der Waals surface area contributed by atoms with Crippen LogP contribution in [0.3, 0.4) is 0 Å². The van der Waals surface area contributed by atoms with Crippen molar-refractivity contribution in [1.29, 1.82) is 0 Å². The molecule has 0 bridgehead atoms. The highest BCUT2D eigenvalue weighted by Crippen LogP contribution is 2.42. The summed E-state index contributed by atoms with van der Waals surface area (Å²) >= 11 is 0. The zero-order valence-corrected chi connectivity index (χ0v) is 13.8. The molecule has 2 saturated carbocycles. The van der Waals surface area contributed by atoms with Gasteiger partial charge in [-0.3, -0.25) is 4.90 Å². The van der Waals surface area contributed by atoms with Crippen molar-refractivity contribution in [3.05, 3.63) is 0 Å². The second kappa shape index (κ2) is 6.36. The fourth-order valence-corrected chi connectivity index (χ4v) is 5.68. The number of hydrogen-bond acceptors (Lipinski definition) is 2. The molecule has 0 radical (unpaired) electrons. The first kappa shape index (κ1) is 14.8. The van der Waals surface area contributed by atoms with E-state index in [9.17, 15) is 0 Å². The van der Waals surface area contributed by atoms with Crippen LogP contribution in [0.1, 0.15) is 65.7 Å². The minimum Gasteiger partial charge on any atom is -0.313 e. The summed E-state index contributed by atoms with van der Waals surface area (Å²) in [5, 5.41) is 3.83. The van der Waals surface area contributed by atoms with Crippen LogP contribution in [0, 0.1) is 17.8 Å². The van der Waals surface area contributed by atoms with Gasteiger partial charge in [-0.15, -0.1) is 0 Å². The Morgan fingerprint density at radius 3 is 2.65 bits per heavy atom. The van der Waals surface area contributed by atoms with E-state index in [2.05, 4.69) is 31.0 Å². The number of fused-ring (bicyclic) bond motifs is 1. The topological polar surface area (TPSA) is 15.3 Å². The van der Waals surface area contributed by atoms with E-state index in [4.69, 9.17) is 0 Å². The van der Waals surface area contributed by atoms with Crippen molar-refractivity contribution in [2.24, 2.45) is 17.8 Å². The van der Waals surface area contributed by atoms with E-state index in [0.717, 1.165) is 42.4 Å². The first-order valence-corrected chi connectivity index (χ1v) is 9.19. The molecule has 3 aliphatic rings. The molecular formula is C18H34N2. The van der Waals surface area contributed by atoms with Crippen LogP contribution < -0.4 is 5.32 Å². The van der Waals surface area contributed by atoms with Gasteiger partial charge in [-0.25, -0.2) is 0 Å². The second-order valence-electron chi connectivity index (χ2n) is 7.85. The fourth-order valence-electron chi connectivity index (χ4n) is 5.68. The molecule has 2 heteroatoms. The van der Waals surface area contributed by atoms with E-state index in [1.54, 1.807) is 0 Å². The maximum absolute atomic E-state index is 3.83. The molecule has 0 aromatic rings. The average molecular weight is 278 g/mol. The second-order valence-corrected chi connectivity index (χ2v) is 7.85. The lowest BCUT2D eigenvalue weighted by Crippen LogP contribution is -2.58. The molecule has 0 spiro atoms. The third-order valence-electron chi connectivity index (χ3n) is 6.33. The molecule has 1 N–H and O–H groups in total. The van der Waals surface area contributed by atoms with Crippen LogP contribution in [0.15, 0.2) is 0 Å². The minimum atomic E-state index is 0.736. The molecule has 0 aromatic carbocycles. The highest BCUT2D eigenvalue weighted by Gasteiger charge is 2.45.